The number of unbranched alkanes of at least 4 members (excludes halogenated alkanes) is 34. The van der Waals surface area contributed by atoms with Crippen LogP contribution in [0.2, 0.25) is 0 Å². The van der Waals surface area contributed by atoms with Crippen LogP contribution in [0.25, 0.3) is 0 Å². The molecule has 86 heavy (non-hydrogen) atoms. The van der Waals surface area contributed by atoms with Gasteiger partial charge in [-0.1, -0.05) is 346 Å². The minimum Gasteiger partial charge on any atom is -0.462 e. The van der Waals surface area contributed by atoms with Crippen molar-refractivity contribution < 1.29 is 24.2 Å². The third-order valence-electron chi connectivity index (χ3n) is 15.6. The maximum absolute atomic E-state index is 12.4. The Morgan fingerprint density at radius 3 is 0.756 bits per heavy atom. The van der Waals surface area contributed by atoms with Crippen molar-refractivity contribution >= 4 is 11.9 Å². The van der Waals surface area contributed by atoms with Crippen molar-refractivity contribution in [2.45, 2.75) is 341 Å². The maximum Gasteiger partial charge on any atom is 0.306 e. The van der Waals surface area contributed by atoms with E-state index in [1.807, 2.05) is 0 Å². The van der Waals surface area contributed by atoms with Gasteiger partial charge in [0.15, 0.2) is 6.10 Å². The first-order valence-corrected chi connectivity index (χ1v) is 36.4. The Morgan fingerprint density at radius 2 is 0.500 bits per heavy atom. The zero-order chi connectivity index (χ0) is 61.9. The molecule has 490 valence electrons. The fourth-order valence-electron chi connectivity index (χ4n) is 10.2. The summed E-state index contributed by atoms with van der Waals surface area (Å²) in [6.45, 7) is 4.03. The van der Waals surface area contributed by atoms with Crippen molar-refractivity contribution in [3.8, 4) is 0 Å². The highest BCUT2D eigenvalue weighted by molar-refractivity contribution is 5.70. The zero-order valence-electron chi connectivity index (χ0n) is 56.3. The molecule has 0 fully saturated rings. The molecule has 0 aromatic carbocycles. The Kier molecular flexibility index (Phi) is 71.3. The second-order valence-corrected chi connectivity index (χ2v) is 23.9. The molecule has 0 rings (SSSR count). The lowest BCUT2D eigenvalue weighted by molar-refractivity contribution is -0.161. The Hall–Kier alpha value is -4.22. The monoisotopic (exact) mass is 1190 g/mol. The topological polar surface area (TPSA) is 72.8 Å². The Labute approximate surface area is 533 Å². The van der Waals surface area contributed by atoms with Crippen LogP contribution >= 0.6 is 0 Å². The molecule has 0 aromatic heterocycles. The molecule has 5 heteroatoms. The molecule has 0 saturated carbocycles. The van der Waals surface area contributed by atoms with Crippen LogP contribution < -0.4 is 0 Å². The lowest BCUT2D eigenvalue weighted by Crippen LogP contribution is -2.28. The van der Waals surface area contributed by atoms with E-state index < -0.39 is 6.10 Å². The van der Waals surface area contributed by atoms with Gasteiger partial charge in [0.05, 0.1) is 6.61 Å². The predicted octanol–water partition coefficient (Wildman–Crippen LogP) is 25.7. The van der Waals surface area contributed by atoms with Gasteiger partial charge in [-0.25, -0.2) is 0 Å². The predicted molar refractivity (Wildman–Crippen MR) is 380 cm³/mol. The molecule has 0 amide bonds. The van der Waals surface area contributed by atoms with Crippen LogP contribution in [0.4, 0.5) is 0 Å². The number of hydrogen-bond acceptors (Lipinski definition) is 5. The van der Waals surface area contributed by atoms with Gasteiger partial charge in [-0.3, -0.25) is 9.59 Å². The van der Waals surface area contributed by atoms with Crippen molar-refractivity contribution in [2.75, 3.05) is 13.2 Å². The molecule has 1 N–H and O–H groups in total. The van der Waals surface area contributed by atoms with Gasteiger partial charge in [0, 0.05) is 12.8 Å². The van der Waals surface area contributed by atoms with E-state index in [4.69, 9.17) is 9.47 Å². The highest BCUT2D eigenvalue weighted by Gasteiger charge is 2.16. The zero-order valence-corrected chi connectivity index (χ0v) is 56.3. The molecule has 0 radical (unpaired) electrons. The summed E-state index contributed by atoms with van der Waals surface area (Å²) < 4.78 is 10.8. The van der Waals surface area contributed by atoms with Crippen molar-refractivity contribution in [3.05, 3.63) is 146 Å². The number of allylic oxidation sites excluding steroid dienone is 24. The number of aliphatic hydroxyl groups is 1. The molecule has 1 unspecified atom stereocenters. The largest absolute Gasteiger partial charge is 0.462 e. The molecule has 0 aliphatic heterocycles. The summed E-state index contributed by atoms with van der Waals surface area (Å²) in [5, 5.41) is 9.71. The quantitative estimate of drug-likeness (QED) is 0.0373. The molecule has 0 saturated heterocycles. The molecule has 0 spiro atoms. The summed E-state index contributed by atoms with van der Waals surface area (Å²) in [5.41, 5.74) is 0. The lowest BCUT2D eigenvalue weighted by Gasteiger charge is -2.15. The molecule has 5 nitrogen and oxygen atoms in total. The number of rotatable bonds is 66. The van der Waals surface area contributed by atoms with E-state index in [-0.39, 0.29) is 25.2 Å². The summed E-state index contributed by atoms with van der Waals surface area (Å²) in [5.74, 6) is -0.600. The lowest BCUT2D eigenvalue weighted by atomic mass is 10.0. The van der Waals surface area contributed by atoms with E-state index in [0.717, 1.165) is 116 Å². The smallest absolute Gasteiger partial charge is 0.306 e. The Bertz CT molecular complexity index is 1780. The number of esters is 2. The van der Waals surface area contributed by atoms with Crippen LogP contribution in [0.5, 0.6) is 0 Å². The second-order valence-electron chi connectivity index (χ2n) is 23.9. The number of carbonyl (C=O) groups excluding carboxylic acids is 2. The summed E-state index contributed by atoms with van der Waals surface area (Å²) >= 11 is 0. The van der Waals surface area contributed by atoms with E-state index in [2.05, 4.69) is 160 Å². The fraction of sp³-hybridized carbons (Fsp3) is 0.679. The molecule has 0 aliphatic rings. The average molecular weight is 1190 g/mol. The first kappa shape index (κ1) is 81.8. The van der Waals surface area contributed by atoms with Gasteiger partial charge < -0.3 is 14.6 Å². The van der Waals surface area contributed by atoms with Crippen LogP contribution in [-0.4, -0.2) is 36.4 Å². The van der Waals surface area contributed by atoms with Crippen LogP contribution in [-0.2, 0) is 19.1 Å². The van der Waals surface area contributed by atoms with Crippen molar-refractivity contribution in [1.82, 2.24) is 0 Å². The average Bonchev–Trinajstić information content (AvgIpc) is 3.55. The summed E-state index contributed by atoms with van der Waals surface area (Å²) in [7, 11) is 0. The molecular weight excluding hydrogens is 1050 g/mol. The molecule has 0 heterocycles. The summed E-state index contributed by atoms with van der Waals surface area (Å²) in [4.78, 5) is 24.7. The standard InChI is InChI=1S/C81H136O5/c1-3-5-7-9-11-13-15-17-19-21-23-25-27-29-31-33-35-37-39-40-42-43-45-47-49-51-53-55-57-59-61-63-65-67-69-71-73-75-80(83)85-78-79(77-82)86-81(84)76-74-72-70-68-66-64-62-60-58-56-54-52-50-48-46-44-41-38-36-34-32-30-28-26-24-22-20-18-16-14-12-10-8-6-4-2/h6,8,12,14-15,17-18,20-21,23-24,26-27,29-30,32,36,38,44,46,50,52,56,58,79,82H,3-5,7,9-11,13,16,19,22,25,28,31,33-35,37,39-43,45,47-49,51,53-55,57,59-78H2,1-2H3/b8-6-,14-12-,17-15-,20-18-,23-21-,26-24-,29-27-,32-30-,38-36-,46-44-,52-50-,58-56-. The molecule has 0 bridgehead atoms. The first-order valence-electron chi connectivity index (χ1n) is 36.4. The van der Waals surface area contributed by atoms with E-state index >= 15 is 0 Å². The Morgan fingerprint density at radius 1 is 0.279 bits per heavy atom. The van der Waals surface area contributed by atoms with E-state index in [1.54, 1.807) is 0 Å². The maximum atomic E-state index is 12.4. The highest BCUT2D eigenvalue weighted by atomic mass is 16.6. The molecule has 1 atom stereocenters. The molecule has 0 aromatic rings. The van der Waals surface area contributed by atoms with Gasteiger partial charge in [-0.2, -0.15) is 0 Å². The Balaban J connectivity index is 3.51. The van der Waals surface area contributed by atoms with Gasteiger partial charge in [0.2, 0.25) is 0 Å². The summed E-state index contributed by atoms with van der Waals surface area (Å²) in [6, 6.07) is 0. The number of ether oxygens (including phenoxy) is 2. The number of aliphatic hydroxyl groups excluding tert-OH is 1. The van der Waals surface area contributed by atoms with E-state index in [0.29, 0.717) is 12.8 Å². The van der Waals surface area contributed by atoms with E-state index in [9.17, 15) is 14.7 Å². The van der Waals surface area contributed by atoms with Gasteiger partial charge in [0.1, 0.15) is 6.61 Å². The van der Waals surface area contributed by atoms with Gasteiger partial charge in [0.25, 0.3) is 0 Å². The molecule has 0 aliphatic carbocycles. The number of carbonyl (C=O) groups is 2. The number of hydrogen-bond donors (Lipinski definition) is 1. The van der Waals surface area contributed by atoms with Crippen molar-refractivity contribution in [2.24, 2.45) is 0 Å². The van der Waals surface area contributed by atoms with Crippen molar-refractivity contribution in [1.29, 1.82) is 0 Å². The van der Waals surface area contributed by atoms with Crippen LogP contribution in [0, 0.1) is 0 Å². The fourth-order valence-corrected chi connectivity index (χ4v) is 10.2. The van der Waals surface area contributed by atoms with Crippen LogP contribution in [0.3, 0.4) is 0 Å². The van der Waals surface area contributed by atoms with Gasteiger partial charge in [-0.15, -0.1) is 0 Å². The van der Waals surface area contributed by atoms with Gasteiger partial charge in [-0.05, 0) is 122 Å². The van der Waals surface area contributed by atoms with Crippen molar-refractivity contribution in [3.63, 3.8) is 0 Å². The van der Waals surface area contributed by atoms with Crippen LogP contribution in [0.15, 0.2) is 146 Å². The SMILES string of the molecule is CC/C=C\C/C=C\C/C=C\C/C=C\C/C=C\C/C=C\C/C=C\C/C=C\C/C=C\CCCCCCCCCC(=O)OC(CO)COC(=O)CCCCCCCCCCCCCCCCCCCCCCCC/C=C\C/C=C\C/C=C\CCCCCCC. The third kappa shape index (κ3) is 72.3. The van der Waals surface area contributed by atoms with Gasteiger partial charge >= 0.3 is 11.9 Å². The second kappa shape index (κ2) is 75.0. The first-order chi connectivity index (χ1) is 42.6. The normalized spacial score (nSPS) is 13.1. The minimum atomic E-state index is -0.788. The molecular formula is C81H136O5. The minimum absolute atomic E-state index is 0.0754. The van der Waals surface area contributed by atoms with E-state index in [1.165, 1.54) is 193 Å². The van der Waals surface area contributed by atoms with Crippen LogP contribution in [0.1, 0.15) is 335 Å². The summed E-state index contributed by atoms with van der Waals surface area (Å²) in [6.07, 6.45) is 113. The highest BCUT2D eigenvalue weighted by Crippen LogP contribution is 2.17. The third-order valence-corrected chi connectivity index (χ3v) is 15.6.